The molecular formula is C12H18N2O3S. The van der Waals surface area contributed by atoms with Crippen LogP contribution >= 0.6 is 0 Å². The lowest BCUT2D eigenvalue weighted by molar-refractivity contribution is -0.115. The van der Waals surface area contributed by atoms with Crippen LogP contribution in [0.3, 0.4) is 0 Å². The number of benzene rings is 1. The molecule has 0 radical (unpaired) electrons. The van der Waals surface area contributed by atoms with Gasteiger partial charge in [-0.05, 0) is 12.1 Å². The zero-order valence-corrected chi connectivity index (χ0v) is 11.2. The van der Waals surface area contributed by atoms with Gasteiger partial charge in [-0.25, -0.2) is 8.42 Å². The van der Waals surface area contributed by atoms with Crippen molar-refractivity contribution in [3.63, 3.8) is 0 Å². The minimum absolute atomic E-state index is 0.0577. The molecular weight excluding hydrogens is 252 g/mol. The highest BCUT2D eigenvalue weighted by atomic mass is 32.2. The molecule has 1 rings (SSSR count). The molecule has 0 heterocycles. The van der Waals surface area contributed by atoms with E-state index in [0.717, 1.165) is 5.69 Å². The minimum Gasteiger partial charge on any atom is -0.325 e. The van der Waals surface area contributed by atoms with Gasteiger partial charge in [-0.3, -0.25) is 4.79 Å². The molecule has 6 heteroatoms. The number of amides is 1. The maximum atomic E-state index is 11.5. The van der Waals surface area contributed by atoms with E-state index < -0.39 is 9.84 Å². The highest BCUT2D eigenvalue weighted by molar-refractivity contribution is 7.91. The number of hydrogen-bond donors (Lipinski definition) is 2. The lowest BCUT2D eigenvalue weighted by Gasteiger charge is -2.06. The summed E-state index contributed by atoms with van der Waals surface area (Å²) >= 11 is 0. The van der Waals surface area contributed by atoms with Crippen molar-refractivity contribution in [1.29, 1.82) is 0 Å². The van der Waals surface area contributed by atoms with Gasteiger partial charge in [0.05, 0.1) is 12.3 Å². The predicted octanol–water partition coefficient (Wildman–Crippen LogP) is 0.649. The van der Waals surface area contributed by atoms with Crippen LogP contribution in [-0.4, -0.2) is 38.9 Å². The van der Waals surface area contributed by atoms with Gasteiger partial charge in [0.25, 0.3) is 0 Å². The number of carbonyl (C=O) groups excluding carboxylic acids is 1. The maximum absolute atomic E-state index is 11.5. The van der Waals surface area contributed by atoms with Gasteiger partial charge in [-0.15, -0.1) is 0 Å². The van der Waals surface area contributed by atoms with E-state index in [1.165, 1.54) is 0 Å². The van der Waals surface area contributed by atoms with Crippen LogP contribution in [0, 0.1) is 0 Å². The molecule has 5 nitrogen and oxygen atoms in total. The minimum atomic E-state index is -2.97. The number of nitrogens with one attached hydrogen (secondary N) is 2. The molecule has 0 saturated carbocycles. The first kappa shape index (κ1) is 14.7. The second-order valence-electron chi connectivity index (χ2n) is 3.83. The largest absolute Gasteiger partial charge is 0.325 e. The summed E-state index contributed by atoms with van der Waals surface area (Å²) < 4.78 is 22.4. The Bertz CT molecular complexity index is 471. The van der Waals surface area contributed by atoms with Gasteiger partial charge in [-0.2, -0.15) is 0 Å². The van der Waals surface area contributed by atoms with Crippen molar-refractivity contribution >= 4 is 21.4 Å². The van der Waals surface area contributed by atoms with Crippen molar-refractivity contribution in [2.45, 2.75) is 6.92 Å². The van der Waals surface area contributed by atoms with Crippen molar-refractivity contribution in [3.05, 3.63) is 30.3 Å². The average Bonchev–Trinajstić information content (AvgIpc) is 2.36. The fourth-order valence-electron chi connectivity index (χ4n) is 1.30. The van der Waals surface area contributed by atoms with Gasteiger partial charge in [-0.1, -0.05) is 25.1 Å². The molecule has 0 spiro atoms. The number of hydrogen-bond acceptors (Lipinski definition) is 4. The lowest BCUT2D eigenvalue weighted by atomic mass is 10.3. The standard InChI is InChI=1S/C12H18N2O3S/c1-2-18(16,17)9-8-13-10-12(15)14-11-6-4-3-5-7-11/h3-7,13H,2,8-10H2,1H3,(H,14,15). The van der Waals surface area contributed by atoms with Crippen LogP contribution in [0.5, 0.6) is 0 Å². The van der Waals surface area contributed by atoms with E-state index in [0.29, 0.717) is 6.54 Å². The highest BCUT2D eigenvalue weighted by Crippen LogP contribution is 2.03. The Hall–Kier alpha value is -1.40. The molecule has 1 aromatic rings. The first-order chi connectivity index (χ1) is 8.53. The summed E-state index contributed by atoms with van der Waals surface area (Å²) in [6.45, 7) is 2.00. The van der Waals surface area contributed by atoms with E-state index in [-0.39, 0.29) is 24.0 Å². The number of rotatable bonds is 7. The van der Waals surface area contributed by atoms with Crippen LogP contribution in [-0.2, 0) is 14.6 Å². The van der Waals surface area contributed by atoms with Crippen LogP contribution in [0.4, 0.5) is 5.69 Å². The molecule has 2 N–H and O–H groups in total. The summed E-state index contributed by atoms with van der Waals surface area (Å²) in [4.78, 5) is 11.5. The first-order valence-electron chi connectivity index (χ1n) is 5.79. The fourth-order valence-corrected chi connectivity index (χ4v) is 2.04. The van der Waals surface area contributed by atoms with Crippen LogP contribution in [0.2, 0.25) is 0 Å². The zero-order chi connectivity index (χ0) is 13.4. The molecule has 0 bridgehead atoms. The number of carbonyl (C=O) groups is 1. The molecule has 1 aromatic carbocycles. The van der Waals surface area contributed by atoms with Gasteiger partial charge in [0.1, 0.15) is 0 Å². The molecule has 0 unspecified atom stereocenters. The van der Waals surface area contributed by atoms with Crippen LogP contribution < -0.4 is 10.6 Å². The van der Waals surface area contributed by atoms with Gasteiger partial charge in [0.2, 0.25) is 5.91 Å². The SMILES string of the molecule is CCS(=O)(=O)CCNCC(=O)Nc1ccccc1. The molecule has 0 atom stereocenters. The molecule has 18 heavy (non-hydrogen) atoms. The Kier molecular flexibility index (Phi) is 5.80. The third kappa shape index (κ3) is 5.79. The van der Waals surface area contributed by atoms with Gasteiger partial charge in [0.15, 0.2) is 9.84 Å². The smallest absolute Gasteiger partial charge is 0.238 e. The second-order valence-corrected chi connectivity index (χ2v) is 6.30. The average molecular weight is 270 g/mol. The van der Waals surface area contributed by atoms with Crippen LogP contribution in [0.15, 0.2) is 30.3 Å². The van der Waals surface area contributed by atoms with E-state index in [4.69, 9.17) is 0 Å². The molecule has 1 amide bonds. The van der Waals surface area contributed by atoms with E-state index in [9.17, 15) is 13.2 Å². The molecule has 0 fully saturated rings. The summed E-state index contributed by atoms with van der Waals surface area (Å²) in [5.41, 5.74) is 0.727. The molecule has 100 valence electrons. The van der Waals surface area contributed by atoms with Crippen LogP contribution in [0.1, 0.15) is 6.92 Å². The second kappa shape index (κ2) is 7.13. The topological polar surface area (TPSA) is 75.3 Å². The van der Waals surface area contributed by atoms with Crippen molar-refractivity contribution < 1.29 is 13.2 Å². The van der Waals surface area contributed by atoms with E-state index in [1.54, 1.807) is 19.1 Å². The van der Waals surface area contributed by atoms with Crippen molar-refractivity contribution in [1.82, 2.24) is 5.32 Å². The van der Waals surface area contributed by atoms with Gasteiger partial charge < -0.3 is 10.6 Å². The number of sulfone groups is 1. The Morgan fingerprint density at radius 1 is 1.22 bits per heavy atom. The number of anilines is 1. The summed E-state index contributed by atoms with van der Waals surface area (Å²) in [5, 5.41) is 5.51. The summed E-state index contributed by atoms with van der Waals surface area (Å²) in [5.74, 6) is 0.00241. The normalized spacial score (nSPS) is 11.2. The molecule has 0 aliphatic heterocycles. The quantitative estimate of drug-likeness (QED) is 0.713. The Labute approximate surface area is 108 Å². The maximum Gasteiger partial charge on any atom is 0.238 e. The molecule has 0 aromatic heterocycles. The third-order valence-corrected chi connectivity index (χ3v) is 4.08. The van der Waals surface area contributed by atoms with E-state index >= 15 is 0 Å². The Balaban J connectivity index is 2.22. The zero-order valence-electron chi connectivity index (χ0n) is 10.3. The molecule has 0 aliphatic carbocycles. The van der Waals surface area contributed by atoms with Gasteiger partial charge >= 0.3 is 0 Å². The highest BCUT2D eigenvalue weighted by Gasteiger charge is 2.07. The third-order valence-electron chi connectivity index (χ3n) is 2.37. The fraction of sp³-hybridized carbons (Fsp3) is 0.417. The van der Waals surface area contributed by atoms with Gasteiger partial charge in [0, 0.05) is 18.0 Å². The van der Waals surface area contributed by atoms with E-state index in [2.05, 4.69) is 10.6 Å². The summed E-state index contributed by atoms with van der Waals surface area (Å²) in [6, 6.07) is 9.11. The van der Waals surface area contributed by atoms with Crippen molar-refractivity contribution in [2.75, 3.05) is 29.9 Å². The predicted molar refractivity (Wildman–Crippen MR) is 72.3 cm³/mol. The Morgan fingerprint density at radius 2 is 1.89 bits per heavy atom. The summed E-state index contributed by atoms with van der Waals surface area (Å²) in [7, 11) is -2.97. The monoisotopic (exact) mass is 270 g/mol. The van der Waals surface area contributed by atoms with Crippen LogP contribution in [0.25, 0.3) is 0 Å². The van der Waals surface area contributed by atoms with E-state index in [1.807, 2.05) is 18.2 Å². The Morgan fingerprint density at radius 3 is 2.50 bits per heavy atom. The first-order valence-corrected chi connectivity index (χ1v) is 7.61. The lowest BCUT2D eigenvalue weighted by Crippen LogP contribution is -2.31. The number of para-hydroxylation sites is 1. The molecule has 0 aliphatic rings. The van der Waals surface area contributed by atoms with Crippen molar-refractivity contribution in [3.8, 4) is 0 Å². The summed E-state index contributed by atoms with van der Waals surface area (Å²) in [6.07, 6.45) is 0. The molecule has 0 saturated heterocycles. The van der Waals surface area contributed by atoms with Crippen molar-refractivity contribution in [2.24, 2.45) is 0 Å².